The van der Waals surface area contributed by atoms with Crippen molar-refractivity contribution in [1.82, 2.24) is 4.90 Å². The Morgan fingerprint density at radius 1 is 1.42 bits per heavy atom. The molecule has 1 aliphatic rings. The Labute approximate surface area is 125 Å². The number of hydrogen-bond donors (Lipinski definition) is 1. The second-order valence-electron chi connectivity index (χ2n) is 4.45. The van der Waals surface area contributed by atoms with Gasteiger partial charge in [0.2, 0.25) is 0 Å². The van der Waals surface area contributed by atoms with Gasteiger partial charge >= 0.3 is 0 Å². The Morgan fingerprint density at radius 3 is 2.84 bits per heavy atom. The van der Waals surface area contributed by atoms with Crippen LogP contribution in [0.25, 0.3) is 0 Å². The quantitative estimate of drug-likeness (QED) is 0.884. The standard InChI is InChI=1S/C13H17BrFNO2S/c14-12-2-1-11(7-13(12)15)18-9-10(17)8-16-3-5-19-6-4-16/h1-2,7,10,17H,3-6,8-9H2. The molecule has 1 fully saturated rings. The zero-order chi connectivity index (χ0) is 13.7. The lowest BCUT2D eigenvalue weighted by molar-refractivity contribution is 0.0714. The van der Waals surface area contributed by atoms with Crippen LogP contribution in [0.1, 0.15) is 0 Å². The van der Waals surface area contributed by atoms with Gasteiger partial charge in [-0.25, -0.2) is 4.39 Å². The first kappa shape index (κ1) is 15.1. The van der Waals surface area contributed by atoms with E-state index in [2.05, 4.69) is 20.8 Å². The summed E-state index contributed by atoms with van der Waals surface area (Å²) in [5.41, 5.74) is 0. The third-order valence-corrected chi connectivity index (χ3v) is 4.49. The van der Waals surface area contributed by atoms with Gasteiger partial charge in [-0.2, -0.15) is 11.8 Å². The van der Waals surface area contributed by atoms with Crippen LogP contribution < -0.4 is 4.74 Å². The molecule has 1 aromatic carbocycles. The molecule has 3 nitrogen and oxygen atoms in total. The Kier molecular flexibility index (Phi) is 5.94. The maximum atomic E-state index is 13.3. The van der Waals surface area contributed by atoms with Gasteiger partial charge in [0.1, 0.15) is 24.3 Å². The predicted molar refractivity (Wildman–Crippen MR) is 79.4 cm³/mol. The van der Waals surface area contributed by atoms with Crippen LogP contribution in [0.15, 0.2) is 22.7 Å². The second-order valence-corrected chi connectivity index (χ2v) is 6.53. The van der Waals surface area contributed by atoms with Gasteiger partial charge in [-0.3, -0.25) is 4.90 Å². The van der Waals surface area contributed by atoms with Crippen LogP contribution in [0, 0.1) is 5.82 Å². The summed E-state index contributed by atoms with van der Waals surface area (Å²) in [6.45, 7) is 2.81. The van der Waals surface area contributed by atoms with E-state index >= 15 is 0 Å². The van der Waals surface area contributed by atoms with Crippen molar-refractivity contribution in [3.63, 3.8) is 0 Å². The predicted octanol–water partition coefficient (Wildman–Crippen LogP) is 2.38. The SMILES string of the molecule is OC(COc1ccc(Br)c(F)c1)CN1CCSCC1. The molecule has 2 rings (SSSR count). The highest BCUT2D eigenvalue weighted by Crippen LogP contribution is 2.21. The number of β-amino-alcohol motifs (C(OH)–C–C–N with tert-alkyl or cyclic N) is 1. The molecule has 0 amide bonds. The second kappa shape index (κ2) is 7.47. The van der Waals surface area contributed by atoms with E-state index in [9.17, 15) is 9.50 Å². The van der Waals surface area contributed by atoms with Crippen molar-refractivity contribution in [2.75, 3.05) is 37.7 Å². The minimum absolute atomic E-state index is 0.185. The number of aliphatic hydroxyl groups excluding tert-OH is 1. The maximum absolute atomic E-state index is 13.3. The van der Waals surface area contributed by atoms with E-state index in [0.717, 1.165) is 24.6 Å². The van der Waals surface area contributed by atoms with Crippen LogP contribution in [0.4, 0.5) is 4.39 Å². The number of thioether (sulfide) groups is 1. The van der Waals surface area contributed by atoms with E-state index in [0.29, 0.717) is 16.8 Å². The van der Waals surface area contributed by atoms with Crippen molar-refractivity contribution in [1.29, 1.82) is 0 Å². The summed E-state index contributed by atoms with van der Waals surface area (Å²) in [6, 6.07) is 4.59. The first-order valence-electron chi connectivity index (χ1n) is 6.21. The highest BCUT2D eigenvalue weighted by atomic mass is 79.9. The van der Waals surface area contributed by atoms with Gasteiger partial charge in [-0.1, -0.05) is 0 Å². The van der Waals surface area contributed by atoms with Crippen molar-refractivity contribution in [2.45, 2.75) is 6.10 Å². The zero-order valence-electron chi connectivity index (χ0n) is 10.5. The molecule has 1 atom stereocenters. The summed E-state index contributed by atoms with van der Waals surface area (Å²) in [5, 5.41) is 9.91. The van der Waals surface area contributed by atoms with Crippen LogP contribution in [0.2, 0.25) is 0 Å². The van der Waals surface area contributed by atoms with Gasteiger partial charge < -0.3 is 9.84 Å². The van der Waals surface area contributed by atoms with Crippen molar-refractivity contribution in [3.8, 4) is 5.75 Å². The normalized spacial score (nSPS) is 18.3. The summed E-state index contributed by atoms with van der Waals surface area (Å²) in [7, 11) is 0. The van der Waals surface area contributed by atoms with Crippen molar-refractivity contribution in [3.05, 3.63) is 28.5 Å². The summed E-state index contributed by atoms with van der Waals surface area (Å²) in [6.07, 6.45) is -0.546. The third-order valence-electron chi connectivity index (χ3n) is 2.91. The molecule has 6 heteroatoms. The number of aliphatic hydroxyl groups is 1. The molecule has 0 saturated carbocycles. The highest BCUT2D eigenvalue weighted by Gasteiger charge is 2.15. The lowest BCUT2D eigenvalue weighted by atomic mass is 10.3. The van der Waals surface area contributed by atoms with Crippen molar-refractivity contribution < 1.29 is 14.2 Å². The van der Waals surface area contributed by atoms with Crippen LogP contribution in [-0.4, -0.2) is 53.9 Å². The average molecular weight is 350 g/mol. The monoisotopic (exact) mass is 349 g/mol. The first-order chi connectivity index (χ1) is 9.15. The fourth-order valence-corrected chi connectivity index (χ4v) is 3.12. The molecular formula is C13H17BrFNO2S. The molecule has 0 aliphatic carbocycles. The minimum Gasteiger partial charge on any atom is -0.491 e. The lowest BCUT2D eigenvalue weighted by Gasteiger charge is -2.28. The molecular weight excluding hydrogens is 333 g/mol. The molecule has 0 radical (unpaired) electrons. The maximum Gasteiger partial charge on any atom is 0.141 e. The molecule has 1 N–H and O–H groups in total. The van der Waals surface area contributed by atoms with E-state index in [1.165, 1.54) is 6.07 Å². The van der Waals surface area contributed by atoms with Crippen LogP contribution in [-0.2, 0) is 0 Å². The van der Waals surface area contributed by atoms with Gasteiger partial charge in [0.15, 0.2) is 0 Å². The Bertz CT molecular complexity index is 416. The summed E-state index contributed by atoms with van der Waals surface area (Å²) >= 11 is 5.02. The first-order valence-corrected chi connectivity index (χ1v) is 8.16. The molecule has 1 aromatic rings. The van der Waals surface area contributed by atoms with Crippen molar-refractivity contribution >= 4 is 27.7 Å². The molecule has 1 aliphatic heterocycles. The summed E-state index contributed by atoms with van der Waals surface area (Å²) in [5.74, 6) is 2.31. The average Bonchev–Trinajstić information content (AvgIpc) is 2.41. The Hall–Kier alpha value is -0.300. The zero-order valence-corrected chi connectivity index (χ0v) is 12.9. The van der Waals surface area contributed by atoms with E-state index in [-0.39, 0.29) is 12.4 Å². The highest BCUT2D eigenvalue weighted by molar-refractivity contribution is 9.10. The number of nitrogens with zero attached hydrogens (tertiary/aromatic N) is 1. The largest absolute Gasteiger partial charge is 0.491 e. The number of benzene rings is 1. The molecule has 1 unspecified atom stereocenters. The van der Waals surface area contributed by atoms with Gasteiger partial charge in [0.25, 0.3) is 0 Å². The van der Waals surface area contributed by atoms with E-state index in [1.54, 1.807) is 12.1 Å². The lowest BCUT2D eigenvalue weighted by Crippen LogP contribution is -2.40. The molecule has 0 aromatic heterocycles. The van der Waals surface area contributed by atoms with Gasteiger partial charge in [0.05, 0.1) is 4.47 Å². The molecule has 0 spiro atoms. The molecule has 19 heavy (non-hydrogen) atoms. The van der Waals surface area contributed by atoms with Gasteiger partial charge in [-0.15, -0.1) is 0 Å². The topological polar surface area (TPSA) is 32.7 Å². The van der Waals surface area contributed by atoms with E-state index in [1.807, 2.05) is 11.8 Å². The van der Waals surface area contributed by atoms with Crippen LogP contribution in [0.5, 0.6) is 5.75 Å². The number of ether oxygens (including phenoxy) is 1. The minimum atomic E-state index is -0.546. The summed E-state index contributed by atoms with van der Waals surface area (Å²) in [4.78, 5) is 2.23. The van der Waals surface area contributed by atoms with Crippen molar-refractivity contribution in [2.24, 2.45) is 0 Å². The number of halogens is 2. The van der Waals surface area contributed by atoms with Crippen LogP contribution in [0.3, 0.4) is 0 Å². The number of rotatable bonds is 5. The summed E-state index contributed by atoms with van der Waals surface area (Å²) < 4.78 is 19.1. The molecule has 1 heterocycles. The smallest absolute Gasteiger partial charge is 0.141 e. The molecule has 0 bridgehead atoms. The van der Waals surface area contributed by atoms with Gasteiger partial charge in [-0.05, 0) is 28.1 Å². The Morgan fingerprint density at radius 2 is 2.16 bits per heavy atom. The molecule has 106 valence electrons. The third kappa shape index (κ3) is 4.95. The fourth-order valence-electron chi connectivity index (χ4n) is 1.89. The molecule has 1 saturated heterocycles. The Balaban J connectivity index is 1.75. The number of hydrogen-bond acceptors (Lipinski definition) is 4. The van der Waals surface area contributed by atoms with E-state index < -0.39 is 6.10 Å². The fraction of sp³-hybridized carbons (Fsp3) is 0.538. The van der Waals surface area contributed by atoms with Crippen LogP contribution >= 0.6 is 27.7 Å². The van der Waals surface area contributed by atoms with E-state index in [4.69, 9.17) is 4.74 Å². The van der Waals surface area contributed by atoms with Gasteiger partial charge in [0, 0.05) is 37.2 Å².